The smallest absolute Gasteiger partial charge is 0.314 e. The van der Waals surface area contributed by atoms with Crippen LogP contribution < -0.4 is 4.90 Å². The van der Waals surface area contributed by atoms with Gasteiger partial charge in [0.05, 0.1) is 25.6 Å². The Morgan fingerprint density at radius 3 is 2.75 bits per heavy atom. The Morgan fingerprint density at radius 2 is 2.15 bits per heavy atom. The summed E-state index contributed by atoms with van der Waals surface area (Å²) in [5.74, 6) is 5.95. The number of aromatic nitrogens is 1. The first-order chi connectivity index (χ1) is 9.58. The Balaban J connectivity index is 2.24. The molecule has 108 valence electrons. The van der Waals surface area contributed by atoms with Crippen molar-refractivity contribution in [1.29, 1.82) is 0 Å². The normalized spacial score (nSPS) is 16.3. The van der Waals surface area contributed by atoms with Crippen LogP contribution in [0.15, 0.2) is 0 Å². The van der Waals surface area contributed by atoms with Crippen LogP contribution in [0.2, 0.25) is 0 Å². The Morgan fingerprint density at radius 1 is 1.40 bits per heavy atom. The molecule has 1 fully saturated rings. The Hall–Kier alpha value is -1.58. The highest BCUT2D eigenvalue weighted by Crippen LogP contribution is 2.30. The Labute approximate surface area is 124 Å². The number of carbonyl (C=O) groups is 1. The lowest BCUT2D eigenvalue weighted by Crippen LogP contribution is -2.56. The maximum absolute atomic E-state index is 12.4. The van der Waals surface area contributed by atoms with Gasteiger partial charge in [-0.25, -0.2) is 4.79 Å². The molecule has 1 aliphatic rings. The second-order valence-corrected chi connectivity index (χ2v) is 5.61. The van der Waals surface area contributed by atoms with E-state index in [1.54, 1.807) is 9.80 Å². The maximum Gasteiger partial charge on any atom is 0.327 e. The number of hydrogen-bond donors (Lipinski definition) is 0. The minimum Gasteiger partial charge on any atom is -0.314 e. The molecule has 1 aliphatic heterocycles. The molecule has 0 radical (unpaired) electrons. The fourth-order valence-corrected chi connectivity index (χ4v) is 3.21. The summed E-state index contributed by atoms with van der Waals surface area (Å²) >= 11 is 1.40. The van der Waals surface area contributed by atoms with Gasteiger partial charge in [-0.3, -0.25) is 9.80 Å². The van der Waals surface area contributed by atoms with E-state index in [0.717, 1.165) is 22.7 Å². The summed E-state index contributed by atoms with van der Waals surface area (Å²) in [6.45, 7) is 7.81. The predicted molar refractivity (Wildman–Crippen MR) is 81.8 cm³/mol. The van der Waals surface area contributed by atoms with Crippen LogP contribution in [0.4, 0.5) is 9.80 Å². The third-order valence-electron chi connectivity index (χ3n) is 3.37. The number of hydrogen-bond acceptors (Lipinski definition) is 4. The summed E-state index contributed by atoms with van der Waals surface area (Å²) in [7, 11) is 1.82. The largest absolute Gasteiger partial charge is 0.327 e. The molecule has 0 aromatic carbocycles. The average Bonchev–Trinajstić information content (AvgIpc) is 2.81. The van der Waals surface area contributed by atoms with Gasteiger partial charge in [-0.05, 0) is 31.8 Å². The molecule has 6 heteroatoms. The highest BCUT2D eigenvalue weighted by molar-refractivity contribution is 7.10. The van der Waals surface area contributed by atoms with Gasteiger partial charge in [0.1, 0.15) is 5.00 Å². The molecule has 0 bridgehead atoms. The lowest BCUT2D eigenvalue weighted by molar-refractivity contribution is 0.141. The zero-order chi connectivity index (χ0) is 14.7. The van der Waals surface area contributed by atoms with Gasteiger partial charge in [0.15, 0.2) is 0 Å². The molecule has 0 N–H and O–H groups in total. The predicted octanol–water partition coefficient (Wildman–Crippen LogP) is 2.13. The molecule has 20 heavy (non-hydrogen) atoms. The second kappa shape index (κ2) is 6.25. The zero-order valence-corrected chi connectivity index (χ0v) is 13.3. The Kier molecular flexibility index (Phi) is 4.63. The highest BCUT2D eigenvalue weighted by Gasteiger charge is 2.31. The first-order valence-corrected chi connectivity index (χ1v) is 7.45. The molecule has 2 heterocycles. The molecule has 0 saturated carbocycles. The van der Waals surface area contributed by atoms with Crippen molar-refractivity contribution >= 4 is 22.6 Å². The van der Waals surface area contributed by atoms with Crippen molar-refractivity contribution in [3.63, 3.8) is 0 Å². The fraction of sp³-hybridized carbons (Fsp3) is 0.571. The summed E-state index contributed by atoms with van der Waals surface area (Å²) in [6, 6.07) is 0.0279. The summed E-state index contributed by atoms with van der Waals surface area (Å²) < 4.78 is 4.44. The number of anilines is 1. The number of nitrogens with zero attached hydrogens (tertiary/aromatic N) is 4. The van der Waals surface area contributed by atoms with E-state index in [2.05, 4.69) is 28.0 Å². The number of urea groups is 1. The number of aryl methyl sites for hydroxylation is 1. The van der Waals surface area contributed by atoms with E-state index in [9.17, 15) is 4.79 Å². The highest BCUT2D eigenvalue weighted by atomic mass is 32.1. The van der Waals surface area contributed by atoms with Crippen molar-refractivity contribution < 1.29 is 4.79 Å². The third-order valence-corrected chi connectivity index (χ3v) is 4.38. The van der Waals surface area contributed by atoms with Crippen molar-refractivity contribution in [1.82, 2.24) is 14.2 Å². The van der Waals surface area contributed by atoms with Crippen molar-refractivity contribution in [2.24, 2.45) is 0 Å². The summed E-state index contributed by atoms with van der Waals surface area (Å²) in [4.78, 5) is 18.0. The van der Waals surface area contributed by atoms with Gasteiger partial charge in [0, 0.05) is 12.6 Å². The molecule has 1 saturated heterocycles. The monoisotopic (exact) mass is 292 g/mol. The molecular formula is C14H20N4OS. The van der Waals surface area contributed by atoms with Crippen LogP contribution in [0, 0.1) is 18.8 Å². The van der Waals surface area contributed by atoms with Crippen molar-refractivity contribution in [2.45, 2.75) is 27.2 Å². The van der Waals surface area contributed by atoms with E-state index in [1.807, 2.05) is 20.9 Å². The lowest BCUT2D eigenvalue weighted by Gasteiger charge is -2.39. The molecule has 0 aliphatic carbocycles. The quantitative estimate of drug-likeness (QED) is 0.801. The van der Waals surface area contributed by atoms with Gasteiger partial charge in [0.25, 0.3) is 0 Å². The SMILES string of the molecule is CC#CCN1CN(C)C(=O)N(c2snc(CC)c2C)C1. The lowest BCUT2D eigenvalue weighted by atomic mass is 10.2. The Bertz CT molecular complexity index is 557. The molecule has 1 aromatic heterocycles. The molecular weight excluding hydrogens is 272 g/mol. The van der Waals surface area contributed by atoms with Crippen molar-refractivity contribution in [2.75, 3.05) is 31.8 Å². The number of rotatable bonds is 3. The molecule has 0 atom stereocenters. The zero-order valence-electron chi connectivity index (χ0n) is 12.4. The first-order valence-electron chi connectivity index (χ1n) is 6.68. The van der Waals surface area contributed by atoms with E-state index in [4.69, 9.17) is 0 Å². The van der Waals surface area contributed by atoms with Gasteiger partial charge in [0.2, 0.25) is 0 Å². The minimum absolute atomic E-state index is 0.0279. The maximum atomic E-state index is 12.4. The summed E-state index contributed by atoms with van der Waals surface area (Å²) in [5.41, 5.74) is 2.19. The number of amides is 2. The average molecular weight is 292 g/mol. The third kappa shape index (κ3) is 2.79. The van der Waals surface area contributed by atoms with Crippen LogP contribution in [-0.4, -0.2) is 47.1 Å². The summed E-state index contributed by atoms with van der Waals surface area (Å²) in [5, 5.41) is 0.952. The molecule has 0 unspecified atom stereocenters. The standard InChI is InChI=1S/C14H20N4OS/c1-5-7-8-17-9-16(4)14(19)18(10-17)13-11(3)12(6-2)15-20-13/h6,8-10H2,1-4H3. The molecule has 1 aromatic rings. The van der Waals surface area contributed by atoms with Crippen LogP contribution in [0.5, 0.6) is 0 Å². The molecule has 2 rings (SSSR count). The summed E-state index contributed by atoms with van der Waals surface area (Å²) in [6.07, 6.45) is 0.894. The van der Waals surface area contributed by atoms with Gasteiger partial charge in [-0.15, -0.1) is 5.92 Å². The van der Waals surface area contributed by atoms with Gasteiger partial charge in [-0.1, -0.05) is 12.8 Å². The van der Waals surface area contributed by atoms with Crippen LogP contribution in [-0.2, 0) is 6.42 Å². The fourth-order valence-electron chi connectivity index (χ4n) is 2.25. The second-order valence-electron chi connectivity index (χ2n) is 4.86. The van der Waals surface area contributed by atoms with E-state index in [1.165, 1.54) is 11.5 Å². The van der Waals surface area contributed by atoms with Crippen molar-refractivity contribution in [3.05, 3.63) is 11.3 Å². The van der Waals surface area contributed by atoms with Gasteiger partial charge in [-0.2, -0.15) is 4.37 Å². The molecule has 0 spiro atoms. The van der Waals surface area contributed by atoms with E-state index in [-0.39, 0.29) is 6.03 Å². The van der Waals surface area contributed by atoms with Crippen LogP contribution in [0.1, 0.15) is 25.1 Å². The van der Waals surface area contributed by atoms with Crippen LogP contribution in [0.3, 0.4) is 0 Å². The van der Waals surface area contributed by atoms with Gasteiger partial charge < -0.3 is 4.90 Å². The van der Waals surface area contributed by atoms with Crippen LogP contribution >= 0.6 is 11.5 Å². The van der Waals surface area contributed by atoms with E-state index < -0.39 is 0 Å². The van der Waals surface area contributed by atoms with Crippen molar-refractivity contribution in [3.8, 4) is 11.8 Å². The van der Waals surface area contributed by atoms with Crippen LogP contribution in [0.25, 0.3) is 0 Å². The van der Waals surface area contributed by atoms with E-state index >= 15 is 0 Å². The number of carbonyl (C=O) groups excluding carboxylic acids is 1. The first kappa shape index (κ1) is 14.8. The van der Waals surface area contributed by atoms with Gasteiger partial charge >= 0.3 is 6.03 Å². The minimum atomic E-state index is 0.0279. The topological polar surface area (TPSA) is 39.7 Å². The molecule has 5 nitrogen and oxygen atoms in total. The molecule has 2 amide bonds. The van der Waals surface area contributed by atoms with E-state index in [0.29, 0.717) is 19.9 Å².